The number of nitrogens with zero attached hydrogens (tertiary/aromatic N) is 1. The van der Waals surface area contributed by atoms with E-state index >= 15 is 0 Å². The Hall–Kier alpha value is -2.36. The number of nitrogens with one attached hydrogen (secondary N) is 2. The predicted octanol–water partition coefficient (Wildman–Crippen LogP) is 2.36. The Morgan fingerprint density at radius 2 is 1.89 bits per heavy atom. The normalized spacial score (nSPS) is 21.7. The van der Waals surface area contributed by atoms with E-state index in [-0.39, 0.29) is 5.91 Å². The van der Waals surface area contributed by atoms with E-state index in [4.69, 9.17) is 0 Å². The topological polar surface area (TPSA) is 54.0 Å². The lowest BCUT2D eigenvalue weighted by Crippen LogP contribution is -2.47. The molecule has 0 spiro atoms. The highest BCUT2D eigenvalue weighted by molar-refractivity contribution is 6.05. The Labute approximate surface area is 105 Å². The van der Waals surface area contributed by atoms with Crippen molar-refractivity contribution in [3.05, 3.63) is 54.2 Å². The molecule has 0 saturated carbocycles. The van der Waals surface area contributed by atoms with Gasteiger partial charge in [0.15, 0.2) is 5.82 Å². The molecule has 2 aromatic rings. The molecule has 1 aromatic carbocycles. The van der Waals surface area contributed by atoms with Crippen LogP contribution in [0.1, 0.15) is 12.5 Å². The average molecular weight is 239 g/mol. The number of carbonyl (C=O) groups is 1. The number of rotatable bonds is 1. The Bertz CT molecular complexity index is 597. The standard InChI is InChI=1S/C14H13N3O/c1-14(10-6-3-2-4-7-10)13(18)16-11-8-5-9-15-12(11)17-14/h2-9H,1H3,(H,15,17)(H,16,18). The van der Waals surface area contributed by atoms with Gasteiger partial charge in [-0.1, -0.05) is 30.3 Å². The average Bonchev–Trinajstić information content (AvgIpc) is 2.41. The molecule has 4 heteroatoms. The van der Waals surface area contributed by atoms with Crippen LogP contribution in [0, 0.1) is 0 Å². The van der Waals surface area contributed by atoms with Gasteiger partial charge in [-0.3, -0.25) is 4.79 Å². The van der Waals surface area contributed by atoms with E-state index in [1.165, 1.54) is 0 Å². The minimum Gasteiger partial charge on any atom is -0.351 e. The summed E-state index contributed by atoms with van der Waals surface area (Å²) < 4.78 is 0. The van der Waals surface area contributed by atoms with Crippen molar-refractivity contribution >= 4 is 17.4 Å². The first kappa shape index (κ1) is 10.8. The third-order valence-electron chi connectivity index (χ3n) is 3.23. The summed E-state index contributed by atoms with van der Waals surface area (Å²) in [4.78, 5) is 16.5. The fourth-order valence-corrected chi connectivity index (χ4v) is 2.12. The van der Waals surface area contributed by atoms with Crippen LogP contribution in [0.5, 0.6) is 0 Å². The second-order valence-electron chi connectivity index (χ2n) is 4.47. The lowest BCUT2D eigenvalue weighted by Gasteiger charge is -2.35. The summed E-state index contributed by atoms with van der Waals surface area (Å²) in [5.41, 5.74) is 0.845. The fraction of sp³-hybridized carbons (Fsp3) is 0.143. The summed E-state index contributed by atoms with van der Waals surface area (Å²) in [5, 5.41) is 6.10. The molecule has 3 rings (SSSR count). The van der Waals surface area contributed by atoms with Gasteiger partial charge in [0.05, 0.1) is 5.69 Å². The zero-order valence-electron chi connectivity index (χ0n) is 9.97. The van der Waals surface area contributed by atoms with Crippen LogP contribution < -0.4 is 10.6 Å². The van der Waals surface area contributed by atoms with Crippen molar-refractivity contribution < 1.29 is 4.79 Å². The lowest BCUT2D eigenvalue weighted by molar-refractivity contribution is -0.120. The Morgan fingerprint density at radius 3 is 2.67 bits per heavy atom. The highest BCUT2D eigenvalue weighted by Gasteiger charge is 2.39. The summed E-state index contributed by atoms with van der Waals surface area (Å²) in [5.74, 6) is 0.623. The molecule has 2 heterocycles. The first-order chi connectivity index (χ1) is 8.70. The molecule has 1 atom stereocenters. The molecule has 1 amide bonds. The largest absolute Gasteiger partial charge is 0.351 e. The van der Waals surface area contributed by atoms with Gasteiger partial charge in [-0.05, 0) is 24.6 Å². The van der Waals surface area contributed by atoms with Crippen LogP contribution in [-0.4, -0.2) is 10.9 Å². The van der Waals surface area contributed by atoms with Gasteiger partial charge in [0.25, 0.3) is 5.91 Å². The van der Waals surface area contributed by atoms with Crippen LogP contribution in [0.25, 0.3) is 0 Å². The zero-order valence-corrected chi connectivity index (χ0v) is 9.97. The van der Waals surface area contributed by atoms with E-state index in [1.54, 1.807) is 12.3 Å². The van der Waals surface area contributed by atoms with Gasteiger partial charge in [-0.15, -0.1) is 0 Å². The molecule has 1 unspecified atom stereocenters. The van der Waals surface area contributed by atoms with Crippen molar-refractivity contribution in [3.63, 3.8) is 0 Å². The number of hydrogen-bond donors (Lipinski definition) is 2. The maximum absolute atomic E-state index is 12.3. The molecule has 2 N–H and O–H groups in total. The van der Waals surface area contributed by atoms with Crippen LogP contribution in [0.2, 0.25) is 0 Å². The fourth-order valence-electron chi connectivity index (χ4n) is 2.12. The van der Waals surface area contributed by atoms with Crippen molar-refractivity contribution in [2.24, 2.45) is 0 Å². The minimum absolute atomic E-state index is 0.0748. The van der Waals surface area contributed by atoms with Crippen LogP contribution in [0.3, 0.4) is 0 Å². The molecule has 0 saturated heterocycles. The quantitative estimate of drug-likeness (QED) is 0.803. The number of hydrogen-bond acceptors (Lipinski definition) is 3. The second-order valence-corrected chi connectivity index (χ2v) is 4.47. The summed E-state index contributed by atoms with van der Waals surface area (Å²) in [6.45, 7) is 1.86. The molecule has 0 bridgehead atoms. The first-order valence-corrected chi connectivity index (χ1v) is 5.80. The minimum atomic E-state index is -0.789. The summed E-state index contributed by atoms with van der Waals surface area (Å²) in [6.07, 6.45) is 1.70. The van der Waals surface area contributed by atoms with Crippen molar-refractivity contribution in [2.75, 3.05) is 10.6 Å². The molecule has 0 radical (unpaired) electrons. The van der Waals surface area contributed by atoms with Crippen molar-refractivity contribution in [2.45, 2.75) is 12.5 Å². The highest BCUT2D eigenvalue weighted by atomic mass is 16.2. The molecule has 1 aliphatic heterocycles. The van der Waals surface area contributed by atoms with Gasteiger partial charge in [-0.25, -0.2) is 4.98 Å². The van der Waals surface area contributed by atoms with Gasteiger partial charge in [0.1, 0.15) is 5.54 Å². The molecule has 1 aromatic heterocycles. The highest BCUT2D eigenvalue weighted by Crippen LogP contribution is 2.34. The molecule has 90 valence electrons. The van der Waals surface area contributed by atoms with Gasteiger partial charge >= 0.3 is 0 Å². The van der Waals surface area contributed by atoms with E-state index in [1.807, 2.05) is 43.3 Å². The number of pyridine rings is 1. The molecule has 1 aliphatic rings. The third kappa shape index (κ3) is 1.54. The zero-order chi connectivity index (χ0) is 12.6. The maximum atomic E-state index is 12.3. The number of carbonyl (C=O) groups excluding carboxylic acids is 1. The van der Waals surface area contributed by atoms with Crippen LogP contribution in [-0.2, 0) is 10.3 Å². The van der Waals surface area contributed by atoms with Gasteiger partial charge < -0.3 is 10.6 Å². The maximum Gasteiger partial charge on any atom is 0.254 e. The smallest absolute Gasteiger partial charge is 0.254 e. The van der Waals surface area contributed by atoms with Gasteiger partial charge in [-0.2, -0.15) is 0 Å². The molecular formula is C14H13N3O. The van der Waals surface area contributed by atoms with E-state index < -0.39 is 5.54 Å². The summed E-state index contributed by atoms with van der Waals surface area (Å²) in [6, 6.07) is 13.3. The number of amides is 1. The summed E-state index contributed by atoms with van der Waals surface area (Å²) >= 11 is 0. The number of benzene rings is 1. The SMILES string of the molecule is CC1(c2ccccc2)Nc2ncccc2NC1=O. The van der Waals surface area contributed by atoms with E-state index in [0.29, 0.717) is 5.82 Å². The van der Waals surface area contributed by atoms with E-state index in [9.17, 15) is 4.79 Å². The summed E-state index contributed by atoms with van der Waals surface area (Å²) in [7, 11) is 0. The number of aromatic nitrogens is 1. The van der Waals surface area contributed by atoms with Crippen LogP contribution >= 0.6 is 0 Å². The van der Waals surface area contributed by atoms with E-state index in [0.717, 1.165) is 11.3 Å². The van der Waals surface area contributed by atoms with Crippen molar-refractivity contribution in [1.29, 1.82) is 0 Å². The second kappa shape index (κ2) is 3.84. The number of fused-ring (bicyclic) bond motifs is 1. The van der Waals surface area contributed by atoms with Crippen molar-refractivity contribution in [1.82, 2.24) is 4.98 Å². The first-order valence-electron chi connectivity index (χ1n) is 5.80. The Kier molecular flexibility index (Phi) is 2.30. The third-order valence-corrected chi connectivity index (χ3v) is 3.23. The molecule has 0 fully saturated rings. The van der Waals surface area contributed by atoms with Crippen LogP contribution in [0.15, 0.2) is 48.7 Å². The molecule has 0 aliphatic carbocycles. The lowest BCUT2D eigenvalue weighted by atomic mass is 9.89. The monoisotopic (exact) mass is 239 g/mol. The molecule has 4 nitrogen and oxygen atoms in total. The number of anilines is 2. The van der Waals surface area contributed by atoms with Crippen LogP contribution in [0.4, 0.5) is 11.5 Å². The molecule has 18 heavy (non-hydrogen) atoms. The Morgan fingerprint density at radius 1 is 1.11 bits per heavy atom. The van der Waals surface area contributed by atoms with Gasteiger partial charge in [0, 0.05) is 6.20 Å². The van der Waals surface area contributed by atoms with Crippen molar-refractivity contribution in [3.8, 4) is 0 Å². The molecular weight excluding hydrogens is 226 g/mol. The van der Waals surface area contributed by atoms with Gasteiger partial charge in [0.2, 0.25) is 0 Å². The predicted molar refractivity (Wildman–Crippen MR) is 70.3 cm³/mol. The Balaban J connectivity index is 2.07. The van der Waals surface area contributed by atoms with E-state index in [2.05, 4.69) is 15.6 Å².